The van der Waals surface area contributed by atoms with Crippen molar-refractivity contribution in [2.75, 3.05) is 40.4 Å². The predicted molar refractivity (Wildman–Crippen MR) is 75.4 cm³/mol. The fraction of sp³-hybridized carbons (Fsp3) is 0.538. The number of hydrogen-bond donors (Lipinski definition) is 1. The third-order valence-corrected chi connectivity index (χ3v) is 3.88. The quantitative estimate of drug-likeness (QED) is 0.920. The molecule has 1 fully saturated rings. The minimum absolute atomic E-state index is 0.808. The first-order chi connectivity index (χ1) is 8.74. The molecule has 0 aromatic heterocycles. The lowest BCUT2D eigenvalue weighted by atomic mass is 10.1. The lowest BCUT2D eigenvalue weighted by Gasteiger charge is -2.28. The summed E-state index contributed by atoms with van der Waals surface area (Å²) >= 11 is 3.60. The molecule has 18 heavy (non-hydrogen) atoms. The summed E-state index contributed by atoms with van der Waals surface area (Å²) in [6, 6.07) is 3.92. The molecule has 1 aliphatic rings. The molecule has 0 aliphatic carbocycles. The first-order valence-corrected chi connectivity index (χ1v) is 6.87. The molecular weight excluding hydrogens is 296 g/mol. The molecule has 0 amide bonds. The Hall–Kier alpha value is -0.780. The average Bonchev–Trinajstić information content (AvgIpc) is 2.42. The van der Waals surface area contributed by atoms with Crippen LogP contribution in [0.15, 0.2) is 16.6 Å². The van der Waals surface area contributed by atoms with Gasteiger partial charge in [-0.1, -0.05) is 15.9 Å². The number of halogens is 1. The number of nitrogens with one attached hydrogen (secondary N) is 1. The van der Waals surface area contributed by atoms with E-state index in [2.05, 4.69) is 26.1 Å². The number of rotatable bonds is 4. The van der Waals surface area contributed by atoms with E-state index in [-0.39, 0.29) is 0 Å². The molecule has 1 saturated heterocycles. The van der Waals surface area contributed by atoms with Gasteiger partial charge in [-0.25, -0.2) is 0 Å². The van der Waals surface area contributed by atoms with Crippen LogP contribution in [0.2, 0.25) is 0 Å². The van der Waals surface area contributed by atoms with Crippen LogP contribution in [0.1, 0.15) is 5.56 Å². The van der Waals surface area contributed by atoms with Crippen LogP contribution in [0, 0.1) is 0 Å². The lowest BCUT2D eigenvalue weighted by molar-refractivity contribution is 0.229. The Balaban J connectivity index is 2.19. The second kappa shape index (κ2) is 6.41. The maximum absolute atomic E-state index is 5.46. The van der Waals surface area contributed by atoms with Crippen molar-refractivity contribution in [1.82, 2.24) is 10.2 Å². The molecule has 2 rings (SSSR count). The van der Waals surface area contributed by atoms with Crippen molar-refractivity contribution in [3.8, 4) is 11.5 Å². The van der Waals surface area contributed by atoms with Gasteiger partial charge in [0.05, 0.1) is 14.2 Å². The van der Waals surface area contributed by atoms with Crippen molar-refractivity contribution in [2.24, 2.45) is 0 Å². The van der Waals surface area contributed by atoms with Gasteiger partial charge in [0, 0.05) is 48.8 Å². The molecule has 0 radical (unpaired) electrons. The Kier molecular flexibility index (Phi) is 4.86. The first-order valence-electron chi connectivity index (χ1n) is 6.08. The van der Waals surface area contributed by atoms with E-state index < -0.39 is 0 Å². The predicted octanol–water partition coefficient (Wildman–Crippen LogP) is 1.87. The summed E-state index contributed by atoms with van der Waals surface area (Å²) in [5.74, 6) is 1.68. The fourth-order valence-electron chi connectivity index (χ4n) is 2.13. The summed E-state index contributed by atoms with van der Waals surface area (Å²) in [7, 11) is 3.36. The summed E-state index contributed by atoms with van der Waals surface area (Å²) in [5.41, 5.74) is 1.18. The van der Waals surface area contributed by atoms with Crippen LogP contribution in [-0.2, 0) is 6.54 Å². The zero-order valence-corrected chi connectivity index (χ0v) is 12.4. The zero-order valence-electron chi connectivity index (χ0n) is 10.8. The van der Waals surface area contributed by atoms with E-state index in [1.54, 1.807) is 14.2 Å². The SMILES string of the molecule is COc1cc(Br)c(CN2CCNCC2)c(OC)c1. The number of hydrogen-bond acceptors (Lipinski definition) is 4. The molecule has 1 heterocycles. The highest BCUT2D eigenvalue weighted by atomic mass is 79.9. The van der Waals surface area contributed by atoms with E-state index in [0.29, 0.717) is 0 Å². The van der Waals surface area contributed by atoms with Crippen molar-refractivity contribution in [3.63, 3.8) is 0 Å². The zero-order chi connectivity index (χ0) is 13.0. The van der Waals surface area contributed by atoms with Crippen molar-refractivity contribution in [2.45, 2.75) is 6.54 Å². The van der Waals surface area contributed by atoms with Gasteiger partial charge in [-0.05, 0) is 6.07 Å². The van der Waals surface area contributed by atoms with Gasteiger partial charge in [0.2, 0.25) is 0 Å². The molecule has 1 aromatic carbocycles. The number of piperazine rings is 1. The molecule has 0 atom stereocenters. The Bertz CT molecular complexity index is 406. The number of ether oxygens (including phenoxy) is 2. The molecule has 5 heteroatoms. The van der Waals surface area contributed by atoms with Crippen LogP contribution in [-0.4, -0.2) is 45.3 Å². The minimum atomic E-state index is 0.808. The summed E-state index contributed by atoms with van der Waals surface area (Å²) < 4.78 is 11.7. The fourth-order valence-corrected chi connectivity index (χ4v) is 2.68. The van der Waals surface area contributed by atoms with Gasteiger partial charge in [0.25, 0.3) is 0 Å². The Morgan fingerprint density at radius 2 is 1.94 bits per heavy atom. The van der Waals surface area contributed by atoms with Crippen LogP contribution < -0.4 is 14.8 Å². The molecule has 1 aromatic rings. The maximum Gasteiger partial charge on any atom is 0.128 e. The van der Waals surface area contributed by atoms with Crippen LogP contribution in [0.5, 0.6) is 11.5 Å². The third kappa shape index (κ3) is 3.16. The topological polar surface area (TPSA) is 33.7 Å². The molecule has 4 nitrogen and oxygen atoms in total. The lowest BCUT2D eigenvalue weighted by Crippen LogP contribution is -2.43. The number of methoxy groups -OCH3 is 2. The van der Waals surface area contributed by atoms with Crippen molar-refractivity contribution >= 4 is 15.9 Å². The van der Waals surface area contributed by atoms with E-state index in [1.165, 1.54) is 5.56 Å². The number of nitrogens with zero attached hydrogens (tertiary/aromatic N) is 1. The molecule has 0 bridgehead atoms. The maximum atomic E-state index is 5.46. The van der Waals surface area contributed by atoms with Crippen molar-refractivity contribution in [1.29, 1.82) is 0 Å². The van der Waals surface area contributed by atoms with Gasteiger partial charge in [-0.15, -0.1) is 0 Å². The highest BCUT2D eigenvalue weighted by Gasteiger charge is 2.16. The highest BCUT2D eigenvalue weighted by Crippen LogP contribution is 2.33. The second-order valence-corrected chi connectivity index (χ2v) is 5.17. The van der Waals surface area contributed by atoms with E-state index in [0.717, 1.165) is 48.7 Å². The Morgan fingerprint density at radius 1 is 1.22 bits per heavy atom. The smallest absolute Gasteiger partial charge is 0.128 e. The van der Waals surface area contributed by atoms with Gasteiger partial charge in [-0.2, -0.15) is 0 Å². The molecule has 100 valence electrons. The molecule has 1 N–H and O–H groups in total. The highest BCUT2D eigenvalue weighted by molar-refractivity contribution is 9.10. The van der Waals surface area contributed by atoms with Crippen molar-refractivity contribution < 1.29 is 9.47 Å². The summed E-state index contributed by atoms with van der Waals surface area (Å²) in [6.45, 7) is 5.14. The minimum Gasteiger partial charge on any atom is -0.497 e. The second-order valence-electron chi connectivity index (χ2n) is 4.32. The summed E-state index contributed by atoms with van der Waals surface area (Å²) in [5, 5.41) is 3.36. The van der Waals surface area contributed by atoms with E-state index in [1.807, 2.05) is 12.1 Å². The van der Waals surface area contributed by atoms with Gasteiger partial charge < -0.3 is 14.8 Å². The van der Waals surface area contributed by atoms with Gasteiger partial charge in [0.15, 0.2) is 0 Å². The van der Waals surface area contributed by atoms with E-state index >= 15 is 0 Å². The Labute approximate surface area is 116 Å². The normalized spacial score (nSPS) is 16.6. The van der Waals surface area contributed by atoms with Gasteiger partial charge >= 0.3 is 0 Å². The molecule has 0 unspecified atom stereocenters. The van der Waals surface area contributed by atoms with E-state index in [4.69, 9.17) is 9.47 Å². The van der Waals surface area contributed by atoms with Crippen LogP contribution in [0.3, 0.4) is 0 Å². The molecule has 0 spiro atoms. The first kappa shape index (κ1) is 13.6. The largest absolute Gasteiger partial charge is 0.497 e. The van der Waals surface area contributed by atoms with Crippen LogP contribution in [0.25, 0.3) is 0 Å². The van der Waals surface area contributed by atoms with Gasteiger partial charge in [0.1, 0.15) is 11.5 Å². The Morgan fingerprint density at radius 3 is 2.56 bits per heavy atom. The van der Waals surface area contributed by atoms with Gasteiger partial charge in [-0.3, -0.25) is 4.90 Å². The summed E-state index contributed by atoms with van der Waals surface area (Å²) in [6.07, 6.45) is 0. The van der Waals surface area contributed by atoms with Crippen molar-refractivity contribution in [3.05, 3.63) is 22.2 Å². The standard InChI is InChI=1S/C13H19BrN2O2/c1-17-10-7-12(14)11(13(8-10)18-2)9-16-5-3-15-4-6-16/h7-8,15H,3-6,9H2,1-2H3. The molecule has 0 saturated carbocycles. The number of benzene rings is 1. The average molecular weight is 315 g/mol. The molecular formula is C13H19BrN2O2. The third-order valence-electron chi connectivity index (χ3n) is 3.18. The van der Waals surface area contributed by atoms with E-state index in [9.17, 15) is 0 Å². The summed E-state index contributed by atoms with van der Waals surface area (Å²) in [4.78, 5) is 2.42. The monoisotopic (exact) mass is 314 g/mol. The van der Waals surface area contributed by atoms with Crippen LogP contribution >= 0.6 is 15.9 Å². The van der Waals surface area contributed by atoms with Crippen LogP contribution in [0.4, 0.5) is 0 Å². The molecule has 1 aliphatic heterocycles.